The number of allylic oxidation sites excluding steroid dienone is 6. The van der Waals surface area contributed by atoms with Gasteiger partial charge in [0.15, 0.2) is 0 Å². The van der Waals surface area contributed by atoms with Crippen LogP contribution in [-0.4, -0.2) is 3.21 Å². The van der Waals surface area contributed by atoms with E-state index < -0.39 is 0 Å². The van der Waals surface area contributed by atoms with Crippen LogP contribution in [0.5, 0.6) is 0 Å². The molecule has 0 unspecified atom stereocenters. The third kappa shape index (κ3) is 8.44. The van der Waals surface area contributed by atoms with E-state index >= 15 is 0 Å². The van der Waals surface area contributed by atoms with Crippen LogP contribution in [0.15, 0.2) is 96.6 Å². The minimum Gasteiger partial charge on any atom is -1.00 e. The molecule has 4 aliphatic rings. The molecule has 50 heavy (non-hydrogen) atoms. The topological polar surface area (TPSA) is 0 Å². The molecule has 0 heterocycles. The van der Waals surface area contributed by atoms with Crippen LogP contribution in [0.3, 0.4) is 0 Å². The predicted molar refractivity (Wildman–Crippen MR) is 203 cm³/mol. The monoisotopic (exact) mass is 772 g/mol. The zero-order valence-corrected chi connectivity index (χ0v) is 35.0. The van der Waals surface area contributed by atoms with Gasteiger partial charge in [-0.1, -0.05) is 83.6 Å². The van der Waals surface area contributed by atoms with E-state index in [1.54, 1.807) is 0 Å². The Balaban J connectivity index is 0.000000182. The predicted octanol–water partition coefficient (Wildman–Crippen LogP) is 5.82. The molecule has 0 nitrogen and oxygen atoms in total. The Hall–Kier alpha value is -2.83. The van der Waals surface area contributed by atoms with Gasteiger partial charge in [-0.2, -0.15) is 17.2 Å². The molecule has 4 aromatic rings. The number of benzene rings is 4. The van der Waals surface area contributed by atoms with Gasteiger partial charge in [0, 0.05) is 5.41 Å². The van der Waals surface area contributed by atoms with Crippen molar-refractivity contribution in [1.82, 2.24) is 0 Å². The van der Waals surface area contributed by atoms with Crippen LogP contribution < -0.4 is 24.8 Å². The average Bonchev–Trinajstić information content (AvgIpc) is 3.82. The van der Waals surface area contributed by atoms with Crippen molar-refractivity contribution >= 4 is 15.4 Å². The van der Waals surface area contributed by atoms with Gasteiger partial charge in [0.2, 0.25) is 0 Å². The first kappa shape index (κ1) is 40.0. The molecule has 0 N–H and O–H groups in total. The van der Waals surface area contributed by atoms with Crippen molar-refractivity contribution in [3.63, 3.8) is 0 Å². The molecule has 0 spiro atoms. The van der Waals surface area contributed by atoms with Crippen LogP contribution in [0.1, 0.15) is 111 Å². The first-order chi connectivity index (χ1) is 22.6. The Bertz CT molecular complexity index is 1880. The Morgan fingerprint density at radius 2 is 1.22 bits per heavy atom. The van der Waals surface area contributed by atoms with E-state index in [0.29, 0.717) is 5.41 Å². The van der Waals surface area contributed by atoms with Crippen LogP contribution >= 0.6 is 0 Å². The molecular weight excluding hydrogens is 727 g/mol. The summed E-state index contributed by atoms with van der Waals surface area (Å²) >= 11 is 1.46. The molecule has 4 aromatic carbocycles. The summed E-state index contributed by atoms with van der Waals surface area (Å²) in [7, 11) is 0. The number of hydrogen-bond donors (Lipinski definition) is 0. The molecule has 0 amide bonds. The van der Waals surface area contributed by atoms with Crippen LogP contribution in [0.4, 0.5) is 0 Å². The van der Waals surface area contributed by atoms with E-state index in [-0.39, 0.29) is 35.6 Å². The fraction of sp³-hybridized carbons (Fsp3) is 0.298. The molecule has 0 radical (unpaired) electrons. The molecule has 0 bridgehead atoms. The maximum absolute atomic E-state index is 3.50. The van der Waals surface area contributed by atoms with Gasteiger partial charge in [-0.05, 0) is 45.9 Å². The van der Waals surface area contributed by atoms with Gasteiger partial charge in [-0.3, -0.25) is 12.2 Å². The maximum Gasteiger partial charge on any atom is -1.00 e. The molecule has 4 aliphatic carbocycles. The third-order valence-corrected chi connectivity index (χ3v) is 11.5. The number of halogens is 2. The molecule has 3 heteroatoms. The van der Waals surface area contributed by atoms with E-state index in [1.807, 2.05) is 0 Å². The molecule has 0 fully saturated rings. The van der Waals surface area contributed by atoms with Crippen molar-refractivity contribution in [1.29, 1.82) is 0 Å². The summed E-state index contributed by atoms with van der Waals surface area (Å²) in [4.78, 5) is 0. The number of fused-ring (bicyclic) bond motifs is 5. The SMILES string of the molecule is CC(C)(C)C1=CC[C-]=C1.CC1(C)[C-]=Cc2cc3c(cc21)Cc1cc2c(cc1-3)C=CC2(C)C.Cc1ccc([C](=[Zr+2])c2ccc(C)cc2)cc1.[Cl-].[Cl-]. The summed E-state index contributed by atoms with van der Waals surface area (Å²) in [5, 5.41) is 0. The van der Waals surface area contributed by atoms with E-state index in [0.717, 1.165) is 12.8 Å². The minimum atomic E-state index is 0. The minimum absolute atomic E-state index is 0. The summed E-state index contributed by atoms with van der Waals surface area (Å²) < 4.78 is 1.42. The third-order valence-electron chi connectivity index (χ3n) is 10.1. The Labute approximate surface area is 329 Å². The molecule has 0 saturated heterocycles. The van der Waals surface area contributed by atoms with Crippen LogP contribution in [0.2, 0.25) is 0 Å². The standard InChI is InChI=1S/C23H21.C15H14.C9H13.2ClH.Zr/c1-22(2)7-5-14-10-18-16(12-20(14)22)9-17-13-21-15(11-19(17)18)6-8-23(21,3)4;1-12-3-7-14(8-4-12)11-15-9-5-13(2)6-10-15;1-9(2,3)8-6-4-5-7-8;;;/h5-7,10-13H,9H2,1-4H3;3-10H,1-2H3;6-7H,4H2,1-3H3;2*1H;/q-1;;-1;;;+2/p-2. The van der Waals surface area contributed by atoms with Crippen LogP contribution in [0.25, 0.3) is 23.3 Å². The van der Waals surface area contributed by atoms with Gasteiger partial charge in [-0.25, -0.2) is 12.2 Å². The van der Waals surface area contributed by atoms with Crippen LogP contribution in [0, 0.1) is 31.4 Å². The second-order valence-electron chi connectivity index (χ2n) is 15.9. The van der Waals surface area contributed by atoms with Gasteiger partial charge >= 0.3 is 112 Å². The molecule has 0 atom stereocenters. The molecular formula is C47H48Cl2Zr-2. The van der Waals surface area contributed by atoms with Crippen molar-refractivity contribution in [3.8, 4) is 11.1 Å². The van der Waals surface area contributed by atoms with Gasteiger partial charge in [-0.15, -0.1) is 18.1 Å². The fourth-order valence-corrected chi connectivity index (χ4v) is 7.75. The molecule has 0 aliphatic heterocycles. The maximum atomic E-state index is 3.50. The fourth-order valence-electron chi connectivity index (χ4n) is 6.93. The molecule has 256 valence electrons. The molecule has 0 saturated carbocycles. The van der Waals surface area contributed by atoms with E-state index in [9.17, 15) is 0 Å². The van der Waals surface area contributed by atoms with Gasteiger partial charge < -0.3 is 24.8 Å². The first-order valence-corrected chi connectivity index (χ1v) is 18.5. The van der Waals surface area contributed by atoms with Crippen molar-refractivity contribution in [2.75, 3.05) is 0 Å². The van der Waals surface area contributed by atoms with Crippen molar-refractivity contribution in [2.24, 2.45) is 5.41 Å². The van der Waals surface area contributed by atoms with Crippen molar-refractivity contribution in [3.05, 3.63) is 164 Å². The summed E-state index contributed by atoms with van der Waals surface area (Å²) in [5.41, 5.74) is 18.7. The quantitative estimate of drug-likeness (QED) is 0.199. The van der Waals surface area contributed by atoms with E-state index in [2.05, 4.69) is 178 Å². The second-order valence-corrected chi connectivity index (χ2v) is 17.1. The number of aryl methyl sites for hydroxylation is 2. The van der Waals surface area contributed by atoms with Crippen molar-refractivity contribution < 1.29 is 49.0 Å². The van der Waals surface area contributed by atoms with E-state index in [1.165, 1.54) is 99.8 Å². The Morgan fingerprint density at radius 1 is 0.700 bits per heavy atom. The summed E-state index contributed by atoms with van der Waals surface area (Å²) in [6.07, 6.45) is 19.9. The smallest absolute Gasteiger partial charge is 1.00 e. The molecule has 8 rings (SSSR count). The van der Waals surface area contributed by atoms with E-state index in [4.69, 9.17) is 0 Å². The van der Waals surface area contributed by atoms with Gasteiger partial charge in [0.25, 0.3) is 0 Å². The summed E-state index contributed by atoms with van der Waals surface area (Å²) in [6.45, 7) is 20.0. The summed E-state index contributed by atoms with van der Waals surface area (Å²) in [5.74, 6) is 0. The largest absolute Gasteiger partial charge is 1.00 e. The Kier molecular flexibility index (Phi) is 12.3. The van der Waals surface area contributed by atoms with Gasteiger partial charge in [0.05, 0.1) is 0 Å². The number of hydrogen-bond acceptors (Lipinski definition) is 0. The first-order valence-electron chi connectivity index (χ1n) is 17.3. The number of rotatable bonds is 2. The van der Waals surface area contributed by atoms with Crippen LogP contribution in [-0.2, 0) is 41.5 Å². The second kappa shape index (κ2) is 15.4. The average molecular weight is 775 g/mol. The van der Waals surface area contributed by atoms with Gasteiger partial charge in [0.1, 0.15) is 0 Å². The van der Waals surface area contributed by atoms with Crippen molar-refractivity contribution in [2.45, 2.75) is 86.0 Å². The normalized spacial score (nSPS) is 15.9. The zero-order chi connectivity index (χ0) is 34.4. The molecule has 0 aromatic heterocycles. The Morgan fingerprint density at radius 3 is 1.70 bits per heavy atom. The summed E-state index contributed by atoms with van der Waals surface area (Å²) in [6, 6.07) is 27.2. The zero-order valence-electron chi connectivity index (χ0n) is 31.0.